The van der Waals surface area contributed by atoms with Gasteiger partial charge in [0.2, 0.25) is 0 Å². The van der Waals surface area contributed by atoms with Gasteiger partial charge in [-0.25, -0.2) is 0 Å². The SMILES string of the molecule is CC(CC1CC[C@H](CC(C)(C)C)O1)C[C@@H]1CCOC1. The normalized spacial score (nSPS) is 33.8. The van der Waals surface area contributed by atoms with Gasteiger partial charge < -0.3 is 9.47 Å². The summed E-state index contributed by atoms with van der Waals surface area (Å²) in [4.78, 5) is 0. The highest BCUT2D eigenvalue weighted by atomic mass is 16.5. The molecule has 2 rings (SSSR count). The van der Waals surface area contributed by atoms with Crippen LogP contribution in [-0.2, 0) is 9.47 Å². The molecule has 0 radical (unpaired) electrons. The van der Waals surface area contributed by atoms with E-state index in [4.69, 9.17) is 9.47 Å². The van der Waals surface area contributed by atoms with Crippen molar-refractivity contribution in [2.24, 2.45) is 17.3 Å². The highest BCUT2D eigenvalue weighted by Gasteiger charge is 2.30. The van der Waals surface area contributed by atoms with Crippen molar-refractivity contribution in [2.45, 2.75) is 78.4 Å². The lowest BCUT2D eigenvalue weighted by atomic mass is 9.88. The molecule has 2 aliphatic rings. The molecule has 2 heterocycles. The Hall–Kier alpha value is -0.0800. The Morgan fingerprint density at radius 3 is 2.42 bits per heavy atom. The molecule has 0 N–H and O–H groups in total. The maximum absolute atomic E-state index is 6.24. The van der Waals surface area contributed by atoms with Crippen LogP contribution in [0.3, 0.4) is 0 Å². The lowest BCUT2D eigenvalue weighted by molar-refractivity contribution is 0.0109. The molecule has 2 unspecified atom stereocenters. The van der Waals surface area contributed by atoms with Crippen LogP contribution in [0, 0.1) is 17.3 Å². The van der Waals surface area contributed by atoms with Crippen molar-refractivity contribution in [3.8, 4) is 0 Å². The van der Waals surface area contributed by atoms with Gasteiger partial charge in [0.25, 0.3) is 0 Å². The van der Waals surface area contributed by atoms with Crippen molar-refractivity contribution in [3.05, 3.63) is 0 Å². The summed E-state index contributed by atoms with van der Waals surface area (Å²) in [5, 5.41) is 0. The summed E-state index contributed by atoms with van der Waals surface area (Å²) in [5.41, 5.74) is 0.395. The molecule has 2 heteroatoms. The minimum atomic E-state index is 0.395. The standard InChI is InChI=1S/C17H32O2/c1-13(9-14-7-8-18-12-14)10-15-5-6-16(19-15)11-17(2,3)4/h13-16H,5-12H2,1-4H3/t13?,14-,15?,16+/m0/s1. The van der Waals surface area contributed by atoms with Crippen molar-refractivity contribution in [1.29, 1.82) is 0 Å². The molecule has 0 aromatic heterocycles. The molecule has 112 valence electrons. The Morgan fingerprint density at radius 2 is 1.79 bits per heavy atom. The maximum atomic E-state index is 6.24. The summed E-state index contributed by atoms with van der Waals surface area (Å²) >= 11 is 0. The molecular weight excluding hydrogens is 236 g/mol. The van der Waals surface area contributed by atoms with Gasteiger partial charge >= 0.3 is 0 Å². The maximum Gasteiger partial charge on any atom is 0.0584 e. The Labute approximate surface area is 119 Å². The quantitative estimate of drug-likeness (QED) is 0.734. The van der Waals surface area contributed by atoms with E-state index in [1.165, 1.54) is 38.5 Å². The van der Waals surface area contributed by atoms with Gasteiger partial charge in [-0.1, -0.05) is 27.7 Å². The van der Waals surface area contributed by atoms with Gasteiger partial charge in [0, 0.05) is 13.2 Å². The second-order valence-electron chi connectivity index (χ2n) is 8.03. The lowest BCUT2D eigenvalue weighted by Gasteiger charge is -2.24. The average molecular weight is 268 g/mol. The van der Waals surface area contributed by atoms with Crippen LogP contribution >= 0.6 is 0 Å². The van der Waals surface area contributed by atoms with E-state index in [1.54, 1.807) is 0 Å². The zero-order chi connectivity index (χ0) is 13.9. The summed E-state index contributed by atoms with van der Waals surface area (Å²) in [5.74, 6) is 1.59. The summed E-state index contributed by atoms with van der Waals surface area (Å²) in [6.45, 7) is 11.3. The molecular formula is C17H32O2. The first kappa shape index (κ1) is 15.3. The van der Waals surface area contributed by atoms with E-state index in [9.17, 15) is 0 Å². The van der Waals surface area contributed by atoms with Gasteiger partial charge in [0.1, 0.15) is 0 Å². The minimum Gasteiger partial charge on any atom is -0.381 e. The van der Waals surface area contributed by atoms with Crippen molar-refractivity contribution in [1.82, 2.24) is 0 Å². The van der Waals surface area contributed by atoms with E-state index in [2.05, 4.69) is 27.7 Å². The predicted molar refractivity (Wildman–Crippen MR) is 79.3 cm³/mol. The van der Waals surface area contributed by atoms with Crippen LogP contribution in [0.5, 0.6) is 0 Å². The summed E-state index contributed by atoms with van der Waals surface area (Å²) in [6.07, 6.45) is 8.60. The van der Waals surface area contributed by atoms with Crippen molar-refractivity contribution in [2.75, 3.05) is 13.2 Å². The van der Waals surface area contributed by atoms with Gasteiger partial charge in [0.05, 0.1) is 12.2 Å². The van der Waals surface area contributed by atoms with Crippen LogP contribution in [0.1, 0.15) is 66.2 Å². The van der Waals surface area contributed by atoms with Crippen molar-refractivity contribution in [3.63, 3.8) is 0 Å². The Morgan fingerprint density at radius 1 is 1.05 bits per heavy atom. The van der Waals surface area contributed by atoms with Gasteiger partial charge in [-0.15, -0.1) is 0 Å². The van der Waals surface area contributed by atoms with E-state index in [1.807, 2.05) is 0 Å². The fourth-order valence-corrected chi connectivity index (χ4v) is 3.67. The summed E-state index contributed by atoms with van der Waals surface area (Å²) in [7, 11) is 0. The summed E-state index contributed by atoms with van der Waals surface area (Å²) in [6, 6.07) is 0. The van der Waals surface area contributed by atoms with E-state index < -0.39 is 0 Å². The molecule has 0 aromatic rings. The zero-order valence-electron chi connectivity index (χ0n) is 13.3. The molecule has 2 fully saturated rings. The number of ether oxygens (including phenoxy) is 2. The van der Waals surface area contributed by atoms with Crippen LogP contribution in [0.15, 0.2) is 0 Å². The molecule has 0 bridgehead atoms. The topological polar surface area (TPSA) is 18.5 Å². The number of hydrogen-bond donors (Lipinski definition) is 0. The van der Waals surface area contributed by atoms with Gasteiger partial charge in [0.15, 0.2) is 0 Å². The molecule has 2 aliphatic heterocycles. The molecule has 2 nitrogen and oxygen atoms in total. The average Bonchev–Trinajstić information content (AvgIpc) is 2.88. The van der Waals surface area contributed by atoms with E-state index in [0.29, 0.717) is 17.6 Å². The van der Waals surface area contributed by atoms with Crippen molar-refractivity contribution < 1.29 is 9.47 Å². The highest BCUT2D eigenvalue weighted by molar-refractivity contribution is 4.80. The molecule has 0 spiro atoms. The second-order valence-corrected chi connectivity index (χ2v) is 8.03. The van der Waals surface area contributed by atoms with Crippen LogP contribution in [0.2, 0.25) is 0 Å². The van der Waals surface area contributed by atoms with Crippen molar-refractivity contribution >= 4 is 0 Å². The largest absolute Gasteiger partial charge is 0.381 e. The Kier molecular flexibility index (Phi) is 5.30. The van der Waals surface area contributed by atoms with Crippen LogP contribution in [0.4, 0.5) is 0 Å². The first-order chi connectivity index (χ1) is 8.92. The van der Waals surface area contributed by atoms with Crippen LogP contribution in [0.25, 0.3) is 0 Å². The second kappa shape index (κ2) is 6.58. The van der Waals surface area contributed by atoms with E-state index in [0.717, 1.165) is 25.0 Å². The third-order valence-electron chi connectivity index (χ3n) is 4.46. The fraction of sp³-hybridized carbons (Fsp3) is 1.00. The Bertz CT molecular complexity index is 263. The van der Waals surface area contributed by atoms with Gasteiger partial charge in [-0.05, 0) is 55.8 Å². The number of hydrogen-bond acceptors (Lipinski definition) is 2. The highest BCUT2D eigenvalue weighted by Crippen LogP contribution is 2.34. The van der Waals surface area contributed by atoms with Gasteiger partial charge in [-0.3, -0.25) is 0 Å². The molecule has 0 saturated carbocycles. The van der Waals surface area contributed by atoms with E-state index in [-0.39, 0.29) is 0 Å². The van der Waals surface area contributed by atoms with Crippen LogP contribution in [-0.4, -0.2) is 25.4 Å². The third-order valence-corrected chi connectivity index (χ3v) is 4.46. The molecule has 0 amide bonds. The van der Waals surface area contributed by atoms with Crippen LogP contribution < -0.4 is 0 Å². The molecule has 2 saturated heterocycles. The molecule has 0 aromatic carbocycles. The lowest BCUT2D eigenvalue weighted by Crippen LogP contribution is -2.20. The first-order valence-corrected chi connectivity index (χ1v) is 8.15. The summed E-state index contributed by atoms with van der Waals surface area (Å²) < 4.78 is 11.7. The predicted octanol–water partition coefficient (Wildman–Crippen LogP) is 4.42. The Balaban J connectivity index is 1.66. The molecule has 0 aliphatic carbocycles. The first-order valence-electron chi connectivity index (χ1n) is 8.15. The fourth-order valence-electron chi connectivity index (χ4n) is 3.67. The number of rotatable bonds is 5. The minimum absolute atomic E-state index is 0.395. The smallest absolute Gasteiger partial charge is 0.0584 e. The third kappa shape index (κ3) is 5.43. The van der Waals surface area contributed by atoms with E-state index >= 15 is 0 Å². The molecule has 19 heavy (non-hydrogen) atoms. The zero-order valence-corrected chi connectivity index (χ0v) is 13.3. The van der Waals surface area contributed by atoms with Gasteiger partial charge in [-0.2, -0.15) is 0 Å². The monoisotopic (exact) mass is 268 g/mol. The molecule has 4 atom stereocenters.